The van der Waals surface area contributed by atoms with E-state index < -0.39 is 0 Å². The minimum atomic E-state index is -0.168. The second kappa shape index (κ2) is 10.5. The van der Waals surface area contributed by atoms with Crippen LogP contribution < -0.4 is 10.6 Å². The third-order valence-electron chi connectivity index (χ3n) is 7.12. The Morgan fingerprint density at radius 2 is 0.825 bits per heavy atom. The van der Waals surface area contributed by atoms with Gasteiger partial charge < -0.3 is 10.6 Å². The van der Waals surface area contributed by atoms with Crippen molar-refractivity contribution in [1.82, 2.24) is 0 Å². The fraction of sp³-hybridized carbons (Fsp3) is 0.0556. The van der Waals surface area contributed by atoms with Crippen LogP contribution in [0.2, 0.25) is 0 Å². The van der Waals surface area contributed by atoms with Crippen molar-refractivity contribution in [3.63, 3.8) is 0 Å². The van der Waals surface area contributed by atoms with Gasteiger partial charge in [-0.05, 0) is 44.8 Å². The first-order valence-corrected chi connectivity index (χ1v) is 13.3. The van der Waals surface area contributed by atoms with Crippen LogP contribution in [-0.4, -0.2) is 11.8 Å². The Hall–Kier alpha value is -5.22. The first-order chi connectivity index (χ1) is 19.5. The van der Waals surface area contributed by atoms with Gasteiger partial charge in [0.05, 0.1) is 11.4 Å². The Morgan fingerprint density at radius 3 is 1.20 bits per heavy atom. The maximum Gasteiger partial charge on any atom is 0.221 e. The maximum absolute atomic E-state index is 12.8. The summed E-state index contributed by atoms with van der Waals surface area (Å²) in [4.78, 5) is 25.5. The predicted molar refractivity (Wildman–Crippen MR) is 166 cm³/mol. The van der Waals surface area contributed by atoms with Gasteiger partial charge in [-0.3, -0.25) is 9.59 Å². The average Bonchev–Trinajstić information content (AvgIpc) is 2.97. The van der Waals surface area contributed by atoms with Gasteiger partial charge in [0.25, 0.3) is 0 Å². The second-order valence-electron chi connectivity index (χ2n) is 9.88. The Balaban J connectivity index is 1.85. The number of hydrogen-bond acceptors (Lipinski definition) is 2. The van der Waals surface area contributed by atoms with Gasteiger partial charge in [-0.15, -0.1) is 0 Å². The van der Waals surface area contributed by atoms with Crippen molar-refractivity contribution in [1.29, 1.82) is 0 Å². The van der Waals surface area contributed by atoms with E-state index in [1.807, 2.05) is 84.9 Å². The molecule has 194 valence electrons. The molecule has 0 spiro atoms. The fourth-order valence-electron chi connectivity index (χ4n) is 5.52. The monoisotopic (exact) mass is 520 g/mol. The van der Waals surface area contributed by atoms with Crippen molar-refractivity contribution in [3.05, 3.63) is 121 Å². The van der Waals surface area contributed by atoms with Crippen molar-refractivity contribution in [3.8, 4) is 33.4 Å². The summed E-state index contributed by atoms with van der Waals surface area (Å²) in [6.45, 7) is 3.06. The molecule has 0 aromatic heterocycles. The number of fused-ring (bicyclic) bond motifs is 2. The molecule has 6 rings (SSSR count). The van der Waals surface area contributed by atoms with E-state index in [9.17, 15) is 9.59 Å². The summed E-state index contributed by atoms with van der Waals surface area (Å²) in [6, 6.07) is 40.8. The van der Waals surface area contributed by atoms with E-state index in [1.54, 1.807) is 0 Å². The Bertz CT molecular complexity index is 1750. The Kier molecular flexibility index (Phi) is 6.59. The van der Waals surface area contributed by atoms with E-state index in [-0.39, 0.29) is 11.8 Å². The van der Waals surface area contributed by atoms with Crippen LogP contribution in [-0.2, 0) is 9.59 Å². The average molecular weight is 521 g/mol. The molecule has 6 aromatic carbocycles. The zero-order valence-electron chi connectivity index (χ0n) is 22.4. The smallest absolute Gasteiger partial charge is 0.221 e. The highest BCUT2D eigenvalue weighted by Crippen LogP contribution is 2.50. The number of anilines is 2. The summed E-state index contributed by atoms with van der Waals surface area (Å²) < 4.78 is 0. The van der Waals surface area contributed by atoms with Gasteiger partial charge in [0.15, 0.2) is 0 Å². The summed E-state index contributed by atoms with van der Waals surface area (Å²) in [5, 5.41) is 10.4. The molecule has 4 nitrogen and oxygen atoms in total. The Labute approximate surface area is 233 Å². The van der Waals surface area contributed by atoms with Crippen LogP contribution in [0.5, 0.6) is 0 Å². The molecule has 40 heavy (non-hydrogen) atoms. The number of benzene rings is 6. The zero-order chi connectivity index (χ0) is 27.6. The van der Waals surface area contributed by atoms with Crippen LogP contribution in [0.4, 0.5) is 11.4 Å². The third-order valence-corrected chi connectivity index (χ3v) is 7.12. The maximum atomic E-state index is 12.8. The van der Waals surface area contributed by atoms with Gasteiger partial charge >= 0.3 is 0 Å². The number of hydrogen-bond donors (Lipinski definition) is 2. The van der Waals surface area contributed by atoms with Crippen LogP contribution in [0.1, 0.15) is 13.8 Å². The van der Waals surface area contributed by atoms with Crippen LogP contribution in [0.3, 0.4) is 0 Å². The minimum absolute atomic E-state index is 0.168. The van der Waals surface area contributed by atoms with Crippen molar-refractivity contribution < 1.29 is 9.59 Å². The second-order valence-corrected chi connectivity index (χ2v) is 9.88. The van der Waals surface area contributed by atoms with Gasteiger partial charge in [0.2, 0.25) is 11.8 Å². The topological polar surface area (TPSA) is 58.2 Å². The number of carbonyl (C=O) groups excluding carboxylic acids is 2. The lowest BCUT2D eigenvalue weighted by Gasteiger charge is -2.24. The summed E-state index contributed by atoms with van der Waals surface area (Å²) >= 11 is 0. The summed E-state index contributed by atoms with van der Waals surface area (Å²) in [7, 11) is 0. The SMILES string of the molecule is CC(=O)Nc1c(-c2ccccc2)cc2ccccc2c1-c1c(NC(C)=O)c(-c2ccccc2)cc2ccccc12. The van der Waals surface area contributed by atoms with E-state index in [0.29, 0.717) is 11.4 Å². The molecule has 6 aromatic rings. The van der Waals surface area contributed by atoms with E-state index in [2.05, 4.69) is 47.0 Å². The van der Waals surface area contributed by atoms with Crippen molar-refractivity contribution >= 4 is 44.7 Å². The molecule has 0 aliphatic carbocycles. The molecule has 0 saturated carbocycles. The molecule has 0 fully saturated rings. The molecular weight excluding hydrogens is 492 g/mol. The molecule has 0 atom stereocenters. The van der Waals surface area contributed by atoms with Crippen molar-refractivity contribution in [2.75, 3.05) is 10.6 Å². The van der Waals surface area contributed by atoms with Crippen LogP contribution in [0, 0.1) is 0 Å². The van der Waals surface area contributed by atoms with E-state index >= 15 is 0 Å². The fourth-order valence-corrected chi connectivity index (χ4v) is 5.52. The van der Waals surface area contributed by atoms with Gasteiger partial charge in [-0.1, -0.05) is 109 Å². The molecule has 0 aliphatic rings. The quantitative estimate of drug-likeness (QED) is 0.238. The molecular formula is C36H28N2O2. The molecule has 0 heterocycles. The zero-order valence-corrected chi connectivity index (χ0v) is 22.4. The highest BCUT2D eigenvalue weighted by molar-refractivity contribution is 6.21. The van der Waals surface area contributed by atoms with Gasteiger partial charge in [-0.2, -0.15) is 0 Å². The van der Waals surface area contributed by atoms with Crippen LogP contribution in [0.15, 0.2) is 121 Å². The molecule has 0 unspecified atom stereocenters. The van der Waals surface area contributed by atoms with Crippen LogP contribution >= 0.6 is 0 Å². The molecule has 0 radical (unpaired) electrons. The van der Waals surface area contributed by atoms with E-state index in [4.69, 9.17) is 0 Å². The van der Waals surface area contributed by atoms with Gasteiger partial charge in [0.1, 0.15) is 0 Å². The normalized spacial score (nSPS) is 10.9. The highest BCUT2D eigenvalue weighted by Gasteiger charge is 2.24. The summed E-state index contributed by atoms with van der Waals surface area (Å²) in [5.74, 6) is -0.336. The summed E-state index contributed by atoms with van der Waals surface area (Å²) in [5.41, 5.74) is 6.94. The molecule has 2 N–H and O–H groups in total. The van der Waals surface area contributed by atoms with Crippen LogP contribution in [0.25, 0.3) is 54.9 Å². The number of rotatable bonds is 5. The first-order valence-electron chi connectivity index (χ1n) is 13.3. The first kappa shape index (κ1) is 25.1. The van der Waals surface area contributed by atoms with Gasteiger partial charge in [-0.25, -0.2) is 0 Å². The number of nitrogens with one attached hydrogen (secondary N) is 2. The summed E-state index contributed by atoms with van der Waals surface area (Å²) in [6.07, 6.45) is 0. The number of amides is 2. The van der Waals surface area contributed by atoms with Crippen molar-refractivity contribution in [2.24, 2.45) is 0 Å². The van der Waals surface area contributed by atoms with E-state index in [1.165, 1.54) is 13.8 Å². The lowest BCUT2D eigenvalue weighted by atomic mass is 9.85. The minimum Gasteiger partial charge on any atom is -0.325 e. The predicted octanol–water partition coefficient (Wildman–Crippen LogP) is 8.91. The lowest BCUT2D eigenvalue weighted by molar-refractivity contribution is -0.115. The standard InChI is InChI=1S/C36H28N2O2/c1-23(39)37-35-31(25-13-5-3-6-14-25)21-27-17-9-11-19-29(27)33(35)34-30-20-12-10-18-28(30)22-32(36(34)38-24(2)40)26-15-7-4-8-16-26/h3-22H,1-2H3,(H,37,39)(H,38,40). The molecule has 2 amide bonds. The molecule has 0 bridgehead atoms. The largest absolute Gasteiger partial charge is 0.325 e. The Morgan fingerprint density at radius 1 is 0.475 bits per heavy atom. The highest BCUT2D eigenvalue weighted by atomic mass is 16.2. The third kappa shape index (κ3) is 4.61. The molecule has 4 heteroatoms. The molecule has 0 saturated heterocycles. The van der Waals surface area contributed by atoms with E-state index in [0.717, 1.165) is 54.9 Å². The lowest BCUT2D eigenvalue weighted by Crippen LogP contribution is -2.12. The van der Waals surface area contributed by atoms with Crippen molar-refractivity contribution in [2.45, 2.75) is 13.8 Å². The molecule has 0 aliphatic heterocycles. The van der Waals surface area contributed by atoms with Gasteiger partial charge in [0, 0.05) is 36.1 Å². The number of carbonyl (C=O) groups is 2.